The molecule has 1 aliphatic carbocycles. The highest BCUT2D eigenvalue weighted by molar-refractivity contribution is 7.15. The fourth-order valence-corrected chi connectivity index (χ4v) is 2.60. The van der Waals surface area contributed by atoms with Crippen LogP contribution in [-0.2, 0) is 11.3 Å². The fourth-order valence-electron chi connectivity index (χ4n) is 1.91. The van der Waals surface area contributed by atoms with Gasteiger partial charge in [0.25, 0.3) is 5.56 Å². The number of thiazole rings is 1. The van der Waals surface area contributed by atoms with Crippen LogP contribution in [0.15, 0.2) is 23.1 Å². The van der Waals surface area contributed by atoms with E-state index in [0.717, 1.165) is 23.5 Å². The largest absolute Gasteiger partial charge is 0.315 e. The molecule has 6 nitrogen and oxygen atoms in total. The Bertz CT molecular complexity index is 702. The van der Waals surface area contributed by atoms with Gasteiger partial charge in [0.1, 0.15) is 11.5 Å². The molecule has 0 aliphatic heterocycles. The second kappa shape index (κ2) is 5.16. The van der Waals surface area contributed by atoms with Gasteiger partial charge < -0.3 is 5.32 Å². The molecule has 2 aromatic rings. The molecule has 1 N–H and O–H groups in total. The van der Waals surface area contributed by atoms with Gasteiger partial charge in [-0.05, 0) is 25.8 Å². The van der Waals surface area contributed by atoms with Crippen molar-refractivity contribution in [2.75, 3.05) is 5.32 Å². The quantitative estimate of drug-likeness (QED) is 0.926. The number of aryl methyl sites for hydroxylation is 1. The van der Waals surface area contributed by atoms with Crippen molar-refractivity contribution in [2.24, 2.45) is 0 Å². The minimum atomic E-state index is -0.267. The summed E-state index contributed by atoms with van der Waals surface area (Å²) >= 11 is 1.40. The van der Waals surface area contributed by atoms with Crippen LogP contribution >= 0.6 is 11.3 Å². The highest BCUT2D eigenvalue weighted by atomic mass is 32.1. The zero-order valence-electron chi connectivity index (χ0n) is 11.0. The molecular formula is C13H14N4O2S. The number of carbonyl (C=O) groups is 1. The summed E-state index contributed by atoms with van der Waals surface area (Å²) in [6, 6.07) is 3.23. The van der Waals surface area contributed by atoms with Gasteiger partial charge in [-0.2, -0.15) is 5.10 Å². The molecule has 0 unspecified atom stereocenters. The smallest absolute Gasteiger partial charge is 0.267 e. The fraction of sp³-hybridized carbons (Fsp3) is 0.385. The average Bonchev–Trinajstić information content (AvgIpc) is 3.17. The summed E-state index contributed by atoms with van der Waals surface area (Å²) in [4.78, 5) is 27.7. The zero-order valence-corrected chi connectivity index (χ0v) is 11.8. The highest BCUT2D eigenvalue weighted by Gasteiger charge is 2.25. The molecule has 0 saturated heterocycles. The van der Waals surface area contributed by atoms with E-state index in [1.54, 1.807) is 12.3 Å². The van der Waals surface area contributed by atoms with E-state index in [2.05, 4.69) is 15.4 Å². The van der Waals surface area contributed by atoms with E-state index in [9.17, 15) is 9.59 Å². The summed E-state index contributed by atoms with van der Waals surface area (Å²) in [6.07, 6.45) is 3.82. The van der Waals surface area contributed by atoms with Crippen molar-refractivity contribution in [1.82, 2.24) is 14.8 Å². The lowest BCUT2D eigenvalue weighted by atomic mass is 10.3. The first-order valence-corrected chi connectivity index (χ1v) is 7.24. The normalized spacial score (nSPS) is 14.2. The van der Waals surface area contributed by atoms with E-state index in [0.29, 0.717) is 10.9 Å². The SMILES string of the molecule is Cc1ncc(NC(=O)Cn2nc(C3CC3)ccc2=O)s1. The monoisotopic (exact) mass is 290 g/mol. The third-order valence-electron chi connectivity index (χ3n) is 3.06. The maximum atomic E-state index is 11.9. The molecule has 20 heavy (non-hydrogen) atoms. The molecule has 1 amide bonds. The van der Waals surface area contributed by atoms with Crippen LogP contribution in [0, 0.1) is 6.92 Å². The molecule has 0 bridgehead atoms. The Morgan fingerprint density at radius 2 is 2.30 bits per heavy atom. The van der Waals surface area contributed by atoms with Crippen LogP contribution in [0.5, 0.6) is 0 Å². The van der Waals surface area contributed by atoms with Crippen LogP contribution in [0.25, 0.3) is 0 Å². The van der Waals surface area contributed by atoms with E-state index < -0.39 is 0 Å². The molecule has 2 aromatic heterocycles. The lowest BCUT2D eigenvalue weighted by molar-refractivity contribution is -0.117. The number of anilines is 1. The highest BCUT2D eigenvalue weighted by Crippen LogP contribution is 2.38. The van der Waals surface area contributed by atoms with Gasteiger partial charge >= 0.3 is 0 Å². The van der Waals surface area contributed by atoms with Crippen molar-refractivity contribution in [2.45, 2.75) is 32.2 Å². The molecule has 2 heterocycles. The summed E-state index contributed by atoms with van der Waals surface area (Å²) in [7, 11) is 0. The van der Waals surface area contributed by atoms with Crippen LogP contribution in [-0.4, -0.2) is 20.7 Å². The van der Waals surface area contributed by atoms with Gasteiger partial charge in [0, 0.05) is 12.0 Å². The third-order valence-corrected chi connectivity index (χ3v) is 3.89. The zero-order chi connectivity index (χ0) is 14.1. The number of amides is 1. The Balaban J connectivity index is 1.71. The Labute approximate surface area is 119 Å². The maximum Gasteiger partial charge on any atom is 0.267 e. The number of nitrogens with zero attached hydrogens (tertiary/aromatic N) is 3. The summed E-state index contributed by atoms with van der Waals surface area (Å²) in [5.74, 6) is 0.185. The topological polar surface area (TPSA) is 76.9 Å². The van der Waals surface area contributed by atoms with Gasteiger partial charge in [-0.25, -0.2) is 9.67 Å². The summed E-state index contributed by atoms with van der Waals surface area (Å²) in [6.45, 7) is 1.79. The van der Waals surface area contributed by atoms with Gasteiger partial charge in [0.05, 0.1) is 16.9 Å². The molecule has 0 aromatic carbocycles. The summed E-state index contributed by atoms with van der Waals surface area (Å²) < 4.78 is 1.22. The van der Waals surface area contributed by atoms with Gasteiger partial charge in [-0.3, -0.25) is 9.59 Å². The van der Waals surface area contributed by atoms with E-state index in [1.165, 1.54) is 22.1 Å². The Morgan fingerprint density at radius 3 is 2.95 bits per heavy atom. The predicted molar refractivity (Wildman–Crippen MR) is 76.0 cm³/mol. The Morgan fingerprint density at radius 1 is 1.50 bits per heavy atom. The van der Waals surface area contributed by atoms with Gasteiger partial charge in [-0.15, -0.1) is 11.3 Å². The van der Waals surface area contributed by atoms with Crippen molar-refractivity contribution in [3.63, 3.8) is 0 Å². The minimum absolute atomic E-state index is 0.0731. The minimum Gasteiger partial charge on any atom is -0.315 e. The first kappa shape index (κ1) is 13.0. The molecule has 0 spiro atoms. The van der Waals surface area contributed by atoms with Gasteiger partial charge in [0.2, 0.25) is 5.91 Å². The average molecular weight is 290 g/mol. The summed E-state index contributed by atoms with van der Waals surface area (Å²) in [5, 5.41) is 8.53. The third kappa shape index (κ3) is 2.93. The molecule has 3 rings (SSSR count). The van der Waals surface area contributed by atoms with Crippen molar-refractivity contribution < 1.29 is 4.79 Å². The molecule has 0 atom stereocenters. The van der Waals surface area contributed by atoms with E-state index in [1.807, 2.05) is 6.92 Å². The van der Waals surface area contributed by atoms with E-state index >= 15 is 0 Å². The molecule has 7 heteroatoms. The molecular weight excluding hydrogens is 276 g/mol. The second-order valence-corrected chi connectivity index (χ2v) is 6.05. The molecule has 1 saturated carbocycles. The van der Waals surface area contributed by atoms with Crippen molar-refractivity contribution >= 4 is 22.2 Å². The Kier molecular flexibility index (Phi) is 3.35. The second-order valence-electron chi connectivity index (χ2n) is 4.82. The molecule has 104 valence electrons. The number of hydrogen-bond donors (Lipinski definition) is 1. The van der Waals surface area contributed by atoms with Crippen LogP contribution < -0.4 is 10.9 Å². The lowest BCUT2D eigenvalue weighted by Crippen LogP contribution is -2.29. The van der Waals surface area contributed by atoms with Crippen LogP contribution in [0.3, 0.4) is 0 Å². The summed E-state index contributed by atoms with van der Waals surface area (Å²) in [5.41, 5.74) is 0.635. The number of carbonyl (C=O) groups excluding carboxylic acids is 1. The molecule has 1 fully saturated rings. The molecule has 1 aliphatic rings. The lowest BCUT2D eigenvalue weighted by Gasteiger charge is -2.06. The van der Waals surface area contributed by atoms with Gasteiger partial charge in [0.15, 0.2) is 0 Å². The van der Waals surface area contributed by atoms with Crippen LogP contribution in [0.2, 0.25) is 0 Å². The number of rotatable bonds is 4. The maximum absolute atomic E-state index is 11.9. The first-order chi connectivity index (χ1) is 9.61. The number of aromatic nitrogens is 3. The predicted octanol–water partition coefficient (Wildman–Crippen LogP) is 1.52. The molecule has 0 radical (unpaired) electrons. The number of nitrogens with one attached hydrogen (secondary N) is 1. The number of hydrogen-bond acceptors (Lipinski definition) is 5. The van der Waals surface area contributed by atoms with E-state index in [-0.39, 0.29) is 18.0 Å². The standard InChI is InChI=1S/C13H14N4O2S/c1-8-14-6-12(20-8)15-11(18)7-17-13(19)5-4-10(16-17)9-2-3-9/h4-6,9H,2-3,7H2,1H3,(H,15,18). The van der Waals surface area contributed by atoms with Gasteiger partial charge in [-0.1, -0.05) is 0 Å². The van der Waals surface area contributed by atoms with Crippen molar-refractivity contribution in [3.05, 3.63) is 39.4 Å². The van der Waals surface area contributed by atoms with Crippen LogP contribution in [0.1, 0.15) is 29.5 Å². The van der Waals surface area contributed by atoms with Crippen molar-refractivity contribution in [3.8, 4) is 0 Å². The van der Waals surface area contributed by atoms with E-state index in [4.69, 9.17) is 0 Å². The Hall–Kier alpha value is -2.02. The van der Waals surface area contributed by atoms with Crippen molar-refractivity contribution in [1.29, 1.82) is 0 Å². The first-order valence-electron chi connectivity index (χ1n) is 6.42. The van der Waals surface area contributed by atoms with Crippen LogP contribution in [0.4, 0.5) is 5.00 Å².